The van der Waals surface area contributed by atoms with E-state index in [4.69, 9.17) is 5.73 Å². The van der Waals surface area contributed by atoms with E-state index in [1.807, 2.05) is 6.92 Å². The maximum atomic E-state index is 13.1. The molecule has 7 heteroatoms. The topological polar surface area (TPSA) is 42.2 Å². The van der Waals surface area contributed by atoms with Crippen LogP contribution in [0.3, 0.4) is 0 Å². The van der Waals surface area contributed by atoms with E-state index in [1.54, 1.807) is 4.90 Å². The summed E-state index contributed by atoms with van der Waals surface area (Å²) in [5.74, 6) is 0.210. The Bertz CT molecular complexity index is 478. The van der Waals surface area contributed by atoms with Gasteiger partial charge in [0.15, 0.2) is 0 Å². The van der Waals surface area contributed by atoms with Crippen LogP contribution in [-0.2, 0) is 6.18 Å². The predicted octanol–water partition coefficient (Wildman–Crippen LogP) is 3.43. The van der Waals surface area contributed by atoms with E-state index in [0.29, 0.717) is 24.0 Å². The molecule has 2 N–H and O–H groups in total. The summed E-state index contributed by atoms with van der Waals surface area (Å²) in [4.78, 5) is 5.68. The summed E-state index contributed by atoms with van der Waals surface area (Å²) >= 11 is 3.05. The number of anilines is 1. The number of aromatic nitrogens is 1. The van der Waals surface area contributed by atoms with Gasteiger partial charge in [-0.2, -0.15) is 13.2 Å². The number of rotatable bonds is 2. The Morgan fingerprint density at radius 1 is 1.50 bits per heavy atom. The maximum absolute atomic E-state index is 13.1. The van der Waals surface area contributed by atoms with E-state index in [9.17, 15) is 13.2 Å². The van der Waals surface area contributed by atoms with Crippen molar-refractivity contribution in [2.45, 2.75) is 32.0 Å². The van der Waals surface area contributed by atoms with Crippen LogP contribution in [-0.4, -0.2) is 24.1 Å². The molecule has 20 heavy (non-hydrogen) atoms. The molecule has 2 unspecified atom stereocenters. The SMILES string of the molecule is CCC1CN(c2ncc(Br)cc2C(F)(F)F)CCC1N. The zero-order valence-corrected chi connectivity index (χ0v) is 12.7. The lowest BCUT2D eigenvalue weighted by atomic mass is 9.90. The summed E-state index contributed by atoms with van der Waals surface area (Å²) in [5.41, 5.74) is 5.30. The van der Waals surface area contributed by atoms with Crippen molar-refractivity contribution in [3.8, 4) is 0 Å². The minimum absolute atomic E-state index is 0.00560. The average Bonchev–Trinajstić information content (AvgIpc) is 2.38. The summed E-state index contributed by atoms with van der Waals surface area (Å²) in [7, 11) is 0. The highest BCUT2D eigenvalue weighted by atomic mass is 79.9. The summed E-state index contributed by atoms with van der Waals surface area (Å²) in [6, 6.07) is 1.14. The van der Waals surface area contributed by atoms with Crippen LogP contribution >= 0.6 is 15.9 Å². The summed E-state index contributed by atoms with van der Waals surface area (Å²) < 4.78 is 39.7. The second-order valence-electron chi connectivity index (χ2n) is 5.09. The zero-order valence-electron chi connectivity index (χ0n) is 11.1. The van der Waals surface area contributed by atoms with Crippen LogP contribution in [0.25, 0.3) is 0 Å². The summed E-state index contributed by atoms with van der Waals surface area (Å²) in [5, 5.41) is 0. The number of alkyl halides is 3. The minimum Gasteiger partial charge on any atom is -0.356 e. The number of halogens is 4. The lowest BCUT2D eigenvalue weighted by Crippen LogP contribution is -2.47. The van der Waals surface area contributed by atoms with E-state index in [0.717, 1.165) is 12.5 Å². The monoisotopic (exact) mass is 351 g/mol. The molecule has 1 aromatic rings. The second-order valence-corrected chi connectivity index (χ2v) is 6.01. The fraction of sp³-hybridized carbons (Fsp3) is 0.615. The van der Waals surface area contributed by atoms with Crippen molar-refractivity contribution in [2.24, 2.45) is 11.7 Å². The lowest BCUT2D eigenvalue weighted by molar-refractivity contribution is -0.137. The fourth-order valence-electron chi connectivity index (χ4n) is 2.57. The smallest absolute Gasteiger partial charge is 0.356 e. The van der Waals surface area contributed by atoms with Gasteiger partial charge in [0.25, 0.3) is 0 Å². The molecule has 0 radical (unpaired) electrons. The predicted molar refractivity (Wildman–Crippen MR) is 75.5 cm³/mol. The van der Waals surface area contributed by atoms with Crippen molar-refractivity contribution >= 4 is 21.7 Å². The molecule has 2 rings (SSSR count). The van der Waals surface area contributed by atoms with E-state index >= 15 is 0 Å². The molecule has 1 saturated heterocycles. The van der Waals surface area contributed by atoms with Crippen molar-refractivity contribution in [2.75, 3.05) is 18.0 Å². The number of pyridine rings is 1. The van der Waals surface area contributed by atoms with Crippen molar-refractivity contribution in [1.82, 2.24) is 4.98 Å². The van der Waals surface area contributed by atoms with Gasteiger partial charge >= 0.3 is 6.18 Å². The van der Waals surface area contributed by atoms with Crippen molar-refractivity contribution in [3.63, 3.8) is 0 Å². The third-order valence-corrected chi connectivity index (χ3v) is 4.19. The molecule has 1 aliphatic rings. The number of nitrogens with zero attached hydrogens (tertiary/aromatic N) is 2. The highest BCUT2D eigenvalue weighted by molar-refractivity contribution is 9.10. The molecule has 1 fully saturated rings. The van der Waals surface area contributed by atoms with Gasteiger partial charge in [-0.25, -0.2) is 4.98 Å². The van der Waals surface area contributed by atoms with E-state index in [2.05, 4.69) is 20.9 Å². The molecular weight excluding hydrogens is 335 g/mol. The van der Waals surface area contributed by atoms with Gasteiger partial charge in [0.05, 0.1) is 5.56 Å². The first kappa shape index (κ1) is 15.6. The summed E-state index contributed by atoms with van der Waals surface area (Å²) in [6.07, 6.45) is -1.46. The Morgan fingerprint density at radius 2 is 2.20 bits per heavy atom. The molecule has 112 valence electrons. The fourth-order valence-corrected chi connectivity index (χ4v) is 2.90. The zero-order chi connectivity index (χ0) is 14.9. The molecule has 1 aliphatic heterocycles. The molecule has 0 aliphatic carbocycles. The minimum atomic E-state index is -4.41. The Hall–Kier alpha value is -0.820. The first-order valence-corrected chi connectivity index (χ1v) is 7.35. The Labute approximate surface area is 124 Å². The molecule has 0 amide bonds. The Morgan fingerprint density at radius 3 is 2.80 bits per heavy atom. The molecule has 3 nitrogen and oxygen atoms in total. The molecule has 0 aromatic carbocycles. The average molecular weight is 352 g/mol. The van der Waals surface area contributed by atoms with Crippen molar-refractivity contribution < 1.29 is 13.2 Å². The van der Waals surface area contributed by atoms with Crippen LogP contribution in [0.1, 0.15) is 25.3 Å². The van der Waals surface area contributed by atoms with Gasteiger partial charge in [-0.3, -0.25) is 0 Å². The van der Waals surface area contributed by atoms with Crippen molar-refractivity contribution in [3.05, 3.63) is 22.3 Å². The number of piperidine rings is 1. The molecular formula is C13H17BrF3N3. The van der Waals surface area contributed by atoms with Gasteiger partial charge in [-0.1, -0.05) is 13.3 Å². The van der Waals surface area contributed by atoms with Crippen LogP contribution < -0.4 is 10.6 Å². The molecule has 2 heterocycles. The van der Waals surface area contributed by atoms with E-state index < -0.39 is 11.7 Å². The maximum Gasteiger partial charge on any atom is 0.419 e. The normalized spacial score (nSPS) is 24.0. The number of hydrogen-bond donors (Lipinski definition) is 1. The van der Waals surface area contributed by atoms with Crippen LogP contribution in [0.15, 0.2) is 16.7 Å². The first-order chi connectivity index (χ1) is 9.32. The Balaban J connectivity index is 2.33. The molecule has 0 spiro atoms. The van der Waals surface area contributed by atoms with Gasteiger partial charge in [-0.15, -0.1) is 0 Å². The van der Waals surface area contributed by atoms with Crippen LogP contribution in [0.5, 0.6) is 0 Å². The quantitative estimate of drug-likeness (QED) is 0.887. The van der Waals surface area contributed by atoms with E-state index in [1.165, 1.54) is 6.20 Å². The largest absolute Gasteiger partial charge is 0.419 e. The van der Waals surface area contributed by atoms with Gasteiger partial charge in [0.1, 0.15) is 5.82 Å². The Kier molecular flexibility index (Phi) is 4.59. The molecule has 0 saturated carbocycles. The van der Waals surface area contributed by atoms with Gasteiger partial charge in [0, 0.05) is 29.8 Å². The standard InChI is InChI=1S/C13H17BrF3N3/c1-2-8-7-20(4-3-11(8)18)12-10(13(15,16)17)5-9(14)6-19-12/h5-6,8,11H,2-4,7,18H2,1H3. The molecule has 0 bridgehead atoms. The van der Waals surface area contributed by atoms with Crippen LogP contribution in [0.4, 0.5) is 19.0 Å². The lowest BCUT2D eigenvalue weighted by Gasteiger charge is -2.38. The summed E-state index contributed by atoms with van der Waals surface area (Å²) in [6.45, 7) is 3.04. The molecule has 2 atom stereocenters. The second kappa shape index (κ2) is 5.89. The van der Waals surface area contributed by atoms with Gasteiger partial charge in [-0.05, 0) is 34.3 Å². The van der Waals surface area contributed by atoms with E-state index in [-0.39, 0.29) is 17.8 Å². The van der Waals surface area contributed by atoms with Crippen LogP contribution in [0, 0.1) is 5.92 Å². The number of hydrogen-bond acceptors (Lipinski definition) is 3. The van der Waals surface area contributed by atoms with Gasteiger partial charge < -0.3 is 10.6 Å². The number of nitrogens with two attached hydrogens (primary N) is 1. The highest BCUT2D eigenvalue weighted by Gasteiger charge is 2.37. The van der Waals surface area contributed by atoms with Gasteiger partial charge in [0.2, 0.25) is 0 Å². The third-order valence-electron chi connectivity index (χ3n) is 3.76. The van der Waals surface area contributed by atoms with Crippen molar-refractivity contribution in [1.29, 1.82) is 0 Å². The third kappa shape index (κ3) is 3.25. The highest BCUT2D eigenvalue weighted by Crippen LogP contribution is 2.38. The first-order valence-electron chi connectivity index (χ1n) is 6.56. The molecule has 1 aromatic heterocycles. The van der Waals surface area contributed by atoms with Crippen LogP contribution in [0.2, 0.25) is 0 Å².